The van der Waals surface area contributed by atoms with Crippen molar-refractivity contribution in [3.8, 4) is 0 Å². The van der Waals surface area contributed by atoms with Gasteiger partial charge in [0.2, 0.25) is 11.9 Å². The van der Waals surface area contributed by atoms with Crippen LogP contribution in [0.2, 0.25) is 0 Å². The van der Waals surface area contributed by atoms with Gasteiger partial charge in [0.1, 0.15) is 12.9 Å². The van der Waals surface area contributed by atoms with Gasteiger partial charge in [-0.1, -0.05) is 6.92 Å². The number of amides is 1. The Balaban J connectivity index is 1.61. The third-order valence-corrected chi connectivity index (χ3v) is 3.49. The lowest BCUT2D eigenvalue weighted by molar-refractivity contribution is -0.121. The van der Waals surface area contributed by atoms with Crippen LogP contribution in [0.1, 0.15) is 19.8 Å². The molecule has 19 heavy (non-hydrogen) atoms. The third-order valence-electron chi connectivity index (χ3n) is 3.49. The Bertz CT molecular complexity index is 410. The van der Waals surface area contributed by atoms with Crippen LogP contribution >= 0.6 is 0 Å². The summed E-state index contributed by atoms with van der Waals surface area (Å²) in [5.41, 5.74) is 5.38. The van der Waals surface area contributed by atoms with E-state index in [1.165, 1.54) is 23.9 Å². The summed E-state index contributed by atoms with van der Waals surface area (Å²) in [7, 11) is 0. The number of nitrogen functional groups attached to an aromatic ring is 1. The van der Waals surface area contributed by atoms with Crippen molar-refractivity contribution in [2.45, 2.75) is 26.3 Å². The fourth-order valence-corrected chi connectivity index (χ4v) is 2.23. The number of nitrogens with one attached hydrogen (secondary N) is 1. The zero-order valence-corrected chi connectivity index (χ0v) is 11.4. The van der Waals surface area contributed by atoms with Crippen molar-refractivity contribution in [3.05, 3.63) is 6.33 Å². The third kappa shape index (κ3) is 4.51. The molecule has 0 bridgehead atoms. The van der Waals surface area contributed by atoms with Gasteiger partial charge in [0.25, 0.3) is 0 Å². The molecule has 0 radical (unpaired) electrons. The minimum absolute atomic E-state index is 0.0599. The van der Waals surface area contributed by atoms with Gasteiger partial charge in [-0.2, -0.15) is 0 Å². The zero-order valence-electron chi connectivity index (χ0n) is 11.4. The molecule has 106 valence electrons. The molecule has 1 aliphatic heterocycles. The monoisotopic (exact) mass is 266 g/mol. The van der Waals surface area contributed by atoms with E-state index in [0.29, 0.717) is 6.54 Å². The molecule has 1 amide bonds. The van der Waals surface area contributed by atoms with Gasteiger partial charge in [-0.15, -0.1) is 5.10 Å². The van der Waals surface area contributed by atoms with E-state index in [4.69, 9.17) is 5.73 Å². The molecule has 2 rings (SSSR count). The van der Waals surface area contributed by atoms with Gasteiger partial charge in [0.15, 0.2) is 0 Å². The summed E-state index contributed by atoms with van der Waals surface area (Å²) in [5, 5.41) is 6.76. The molecule has 0 saturated carbocycles. The summed E-state index contributed by atoms with van der Waals surface area (Å²) >= 11 is 0. The smallest absolute Gasteiger partial charge is 0.241 e. The highest BCUT2D eigenvalue weighted by Gasteiger charge is 2.15. The highest BCUT2D eigenvalue weighted by Crippen LogP contribution is 2.14. The second-order valence-corrected chi connectivity index (χ2v) is 5.17. The first-order chi connectivity index (χ1) is 9.13. The standard InChI is InChI=1S/C12H22N6O/c1-10-2-5-17(6-3-10)7-4-14-11(19)8-18-9-15-12(13)16-18/h9-10H,2-8H2,1H3,(H2,13,16)(H,14,19). The predicted octanol–water partition coefficient (Wildman–Crippen LogP) is -0.292. The summed E-state index contributed by atoms with van der Waals surface area (Å²) in [6.45, 7) is 6.33. The van der Waals surface area contributed by atoms with Gasteiger partial charge >= 0.3 is 0 Å². The molecular formula is C12H22N6O. The van der Waals surface area contributed by atoms with Crippen LogP contribution in [0, 0.1) is 5.92 Å². The molecule has 0 aromatic carbocycles. The first-order valence-electron chi connectivity index (χ1n) is 6.77. The molecule has 7 heteroatoms. The molecule has 0 atom stereocenters. The van der Waals surface area contributed by atoms with Gasteiger partial charge in [-0.3, -0.25) is 4.79 Å². The number of aromatic nitrogens is 3. The van der Waals surface area contributed by atoms with Gasteiger partial charge in [-0.05, 0) is 31.8 Å². The highest BCUT2D eigenvalue weighted by molar-refractivity contribution is 5.75. The maximum atomic E-state index is 11.7. The molecular weight excluding hydrogens is 244 g/mol. The fraction of sp³-hybridized carbons (Fsp3) is 0.750. The molecule has 3 N–H and O–H groups in total. The molecule has 0 spiro atoms. The molecule has 1 aromatic rings. The van der Waals surface area contributed by atoms with Crippen molar-refractivity contribution in [3.63, 3.8) is 0 Å². The number of anilines is 1. The van der Waals surface area contributed by atoms with Crippen LogP contribution in [0.4, 0.5) is 5.95 Å². The molecule has 0 aliphatic carbocycles. The summed E-state index contributed by atoms with van der Waals surface area (Å²) in [4.78, 5) is 17.8. The SMILES string of the molecule is CC1CCN(CCNC(=O)Cn2cnc(N)n2)CC1. The van der Waals surface area contributed by atoms with Crippen LogP contribution in [-0.4, -0.2) is 51.8 Å². The van der Waals surface area contributed by atoms with Crippen molar-refractivity contribution >= 4 is 11.9 Å². The average molecular weight is 266 g/mol. The number of nitrogens with two attached hydrogens (primary N) is 1. The number of piperidine rings is 1. The highest BCUT2D eigenvalue weighted by atomic mass is 16.2. The van der Waals surface area contributed by atoms with Crippen LogP contribution in [0.5, 0.6) is 0 Å². The fourth-order valence-electron chi connectivity index (χ4n) is 2.23. The van der Waals surface area contributed by atoms with E-state index in [-0.39, 0.29) is 18.4 Å². The van der Waals surface area contributed by atoms with E-state index in [0.717, 1.165) is 25.6 Å². The number of carbonyl (C=O) groups excluding carboxylic acids is 1. The van der Waals surface area contributed by atoms with E-state index in [2.05, 4.69) is 27.2 Å². The van der Waals surface area contributed by atoms with Gasteiger partial charge < -0.3 is 16.0 Å². The van der Waals surface area contributed by atoms with Crippen LogP contribution in [0.25, 0.3) is 0 Å². The quantitative estimate of drug-likeness (QED) is 0.764. The maximum Gasteiger partial charge on any atom is 0.241 e. The van der Waals surface area contributed by atoms with E-state index in [1.54, 1.807) is 0 Å². The lowest BCUT2D eigenvalue weighted by atomic mass is 9.99. The second kappa shape index (κ2) is 6.51. The van der Waals surface area contributed by atoms with Gasteiger partial charge in [-0.25, -0.2) is 9.67 Å². The lowest BCUT2D eigenvalue weighted by Crippen LogP contribution is -2.40. The molecule has 0 unspecified atom stereocenters. The molecule has 1 aromatic heterocycles. The Kier molecular flexibility index (Phi) is 4.73. The second-order valence-electron chi connectivity index (χ2n) is 5.17. The largest absolute Gasteiger partial charge is 0.367 e. The van der Waals surface area contributed by atoms with Crippen LogP contribution in [0.3, 0.4) is 0 Å². The van der Waals surface area contributed by atoms with E-state index in [9.17, 15) is 4.79 Å². The molecule has 2 heterocycles. The van der Waals surface area contributed by atoms with Gasteiger partial charge in [0, 0.05) is 13.1 Å². The first-order valence-corrected chi connectivity index (χ1v) is 6.77. The van der Waals surface area contributed by atoms with Crippen LogP contribution < -0.4 is 11.1 Å². The summed E-state index contributed by atoms with van der Waals surface area (Å²) in [6, 6.07) is 0. The minimum atomic E-state index is -0.0599. The van der Waals surface area contributed by atoms with Gasteiger partial charge in [0.05, 0.1) is 0 Å². The van der Waals surface area contributed by atoms with E-state index >= 15 is 0 Å². The van der Waals surface area contributed by atoms with E-state index in [1.807, 2.05) is 0 Å². The summed E-state index contributed by atoms with van der Waals surface area (Å²) in [6.07, 6.45) is 3.97. The Morgan fingerprint density at radius 3 is 2.89 bits per heavy atom. The van der Waals surface area contributed by atoms with E-state index < -0.39 is 0 Å². The summed E-state index contributed by atoms with van der Waals surface area (Å²) in [5.74, 6) is 0.967. The minimum Gasteiger partial charge on any atom is -0.367 e. The number of nitrogens with zero attached hydrogens (tertiary/aromatic N) is 4. The molecule has 1 saturated heterocycles. The Morgan fingerprint density at radius 2 is 2.26 bits per heavy atom. The van der Waals surface area contributed by atoms with Crippen molar-refractivity contribution < 1.29 is 4.79 Å². The van der Waals surface area contributed by atoms with Crippen LogP contribution in [-0.2, 0) is 11.3 Å². The summed E-state index contributed by atoms with van der Waals surface area (Å²) < 4.78 is 1.44. The van der Waals surface area contributed by atoms with Crippen LogP contribution in [0.15, 0.2) is 6.33 Å². The normalized spacial score (nSPS) is 17.5. The molecule has 1 aliphatic rings. The lowest BCUT2D eigenvalue weighted by Gasteiger charge is -2.30. The average Bonchev–Trinajstić information content (AvgIpc) is 2.77. The molecule has 7 nitrogen and oxygen atoms in total. The number of rotatable bonds is 5. The van der Waals surface area contributed by atoms with Crippen molar-refractivity contribution in [1.82, 2.24) is 25.0 Å². The number of hydrogen-bond acceptors (Lipinski definition) is 5. The Hall–Kier alpha value is -1.63. The Morgan fingerprint density at radius 1 is 1.53 bits per heavy atom. The van der Waals surface area contributed by atoms with Crippen molar-refractivity contribution in [2.24, 2.45) is 5.92 Å². The number of carbonyl (C=O) groups is 1. The molecule has 1 fully saturated rings. The number of likely N-dealkylation sites (tertiary alicyclic amines) is 1. The first kappa shape index (κ1) is 13.8. The predicted molar refractivity (Wildman–Crippen MR) is 72.3 cm³/mol. The number of hydrogen-bond donors (Lipinski definition) is 2. The zero-order chi connectivity index (χ0) is 13.7. The Labute approximate surface area is 113 Å². The topological polar surface area (TPSA) is 89.1 Å². The van der Waals surface area contributed by atoms with Crippen molar-refractivity contribution in [1.29, 1.82) is 0 Å². The maximum absolute atomic E-state index is 11.7. The van der Waals surface area contributed by atoms with Crippen molar-refractivity contribution in [2.75, 3.05) is 31.9 Å².